The molecule has 1 aromatic heterocycles. The Morgan fingerprint density at radius 1 is 1.26 bits per heavy atom. The quantitative estimate of drug-likeness (QED) is 0.853. The number of benzene rings is 1. The van der Waals surface area contributed by atoms with Gasteiger partial charge in [-0.15, -0.1) is 11.8 Å². The van der Waals surface area contributed by atoms with E-state index in [1.807, 2.05) is 0 Å². The van der Waals surface area contributed by atoms with Crippen molar-refractivity contribution in [3.8, 4) is 0 Å². The number of hydrogen-bond donors (Lipinski definition) is 1. The lowest BCUT2D eigenvalue weighted by Gasteiger charge is -2.28. The van der Waals surface area contributed by atoms with E-state index in [0.29, 0.717) is 12.3 Å². The topological polar surface area (TPSA) is 45.6 Å². The summed E-state index contributed by atoms with van der Waals surface area (Å²) < 4.78 is 5.34. The zero-order chi connectivity index (χ0) is 16.2. The molecule has 2 heterocycles. The molecule has 2 aromatic rings. The second-order valence-corrected chi connectivity index (χ2v) is 7.17. The molecule has 0 amide bonds. The van der Waals surface area contributed by atoms with Crippen LogP contribution in [0.25, 0.3) is 10.9 Å². The van der Waals surface area contributed by atoms with Gasteiger partial charge in [-0.25, -0.2) is 4.98 Å². The Kier molecular flexibility index (Phi) is 5.54. The Hall–Kier alpha value is -1.14. The lowest BCUT2D eigenvalue weighted by Crippen LogP contribution is -2.41. The summed E-state index contributed by atoms with van der Waals surface area (Å²) in [5.41, 5.74) is 3.50. The van der Waals surface area contributed by atoms with E-state index in [9.17, 15) is 5.11 Å². The highest BCUT2D eigenvalue weighted by Crippen LogP contribution is 2.26. The highest BCUT2D eigenvalue weighted by atomic mass is 32.2. The molecule has 1 aromatic carbocycles. The smallest absolute Gasteiger partial charge is 0.0971 e. The van der Waals surface area contributed by atoms with E-state index in [1.54, 1.807) is 11.8 Å². The minimum absolute atomic E-state index is 0.340. The number of rotatable bonds is 5. The Labute approximate surface area is 141 Å². The number of aryl methyl sites for hydroxylation is 2. The van der Waals surface area contributed by atoms with Crippen LogP contribution >= 0.6 is 11.8 Å². The lowest BCUT2D eigenvalue weighted by atomic mass is 10.1. The molecule has 1 fully saturated rings. The molecule has 1 atom stereocenters. The fourth-order valence-corrected chi connectivity index (χ4v) is 3.81. The highest BCUT2D eigenvalue weighted by molar-refractivity contribution is 7.99. The van der Waals surface area contributed by atoms with Crippen LogP contribution in [0.3, 0.4) is 0 Å². The van der Waals surface area contributed by atoms with E-state index >= 15 is 0 Å². The summed E-state index contributed by atoms with van der Waals surface area (Å²) in [4.78, 5) is 7.03. The van der Waals surface area contributed by atoms with Crippen LogP contribution in [-0.2, 0) is 4.74 Å². The van der Waals surface area contributed by atoms with Crippen LogP contribution in [0, 0.1) is 13.8 Å². The minimum atomic E-state index is -0.340. The number of aromatic nitrogens is 1. The SMILES string of the molecule is Cc1cc(SC[C@@H](O)CN2CCOCC2)nc2c(C)cccc12. The number of aliphatic hydroxyl groups excluding tert-OH is 1. The van der Waals surface area contributed by atoms with Crippen LogP contribution in [0.2, 0.25) is 0 Å². The first-order chi connectivity index (χ1) is 11.1. The fraction of sp³-hybridized carbons (Fsp3) is 0.500. The van der Waals surface area contributed by atoms with Crippen LogP contribution in [0.1, 0.15) is 11.1 Å². The molecule has 5 heteroatoms. The Morgan fingerprint density at radius 2 is 2.04 bits per heavy atom. The number of β-amino-alcohol motifs (C(OH)–C–C–N with tert-alkyl or cyclic N) is 1. The number of nitrogens with zero attached hydrogens (tertiary/aromatic N) is 2. The summed E-state index contributed by atoms with van der Waals surface area (Å²) in [5, 5.41) is 12.5. The summed E-state index contributed by atoms with van der Waals surface area (Å²) in [6.07, 6.45) is -0.340. The van der Waals surface area contributed by atoms with E-state index in [0.717, 1.165) is 36.8 Å². The van der Waals surface area contributed by atoms with Gasteiger partial charge in [0.05, 0.1) is 29.9 Å². The van der Waals surface area contributed by atoms with Crippen molar-refractivity contribution in [2.75, 3.05) is 38.6 Å². The normalized spacial score (nSPS) is 17.5. The zero-order valence-electron chi connectivity index (χ0n) is 13.8. The van der Waals surface area contributed by atoms with E-state index in [4.69, 9.17) is 9.72 Å². The van der Waals surface area contributed by atoms with E-state index in [1.165, 1.54) is 16.5 Å². The number of ether oxygens (including phenoxy) is 1. The van der Waals surface area contributed by atoms with Crippen molar-refractivity contribution in [1.29, 1.82) is 0 Å². The number of fused-ring (bicyclic) bond motifs is 1. The maximum Gasteiger partial charge on any atom is 0.0971 e. The largest absolute Gasteiger partial charge is 0.391 e. The second-order valence-electron chi connectivity index (χ2n) is 6.13. The summed E-state index contributed by atoms with van der Waals surface area (Å²) in [6, 6.07) is 8.40. The third-order valence-corrected chi connectivity index (χ3v) is 5.28. The first kappa shape index (κ1) is 16.7. The Morgan fingerprint density at radius 3 is 2.83 bits per heavy atom. The van der Waals surface area contributed by atoms with Crippen LogP contribution < -0.4 is 0 Å². The molecule has 0 unspecified atom stereocenters. The van der Waals surface area contributed by atoms with Gasteiger partial charge < -0.3 is 9.84 Å². The summed E-state index contributed by atoms with van der Waals surface area (Å²) in [7, 11) is 0. The lowest BCUT2D eigenvalue weighted by molar-refractivity contribution is 0.0188. The number of pyridine rings is 1. The third kappa shape index (κ3) is 4.23. The number of aliphatic hydroxyl groups is 1. The molecule has 1 aliphatic rings. The predicted octanol–water partition coefficient (Wildman–Crippen LogP) is 2.64. The molecule has 0 aliphatic carbocycles. The van der Waals surface area contributed by atoms with E-state index in [2.05, 4.69) is 43.0 Å². The van der Waals surface area contributed by atoms with Crippen LogP contribution in [0.4, 0.5) is 0 Å². The van der Waals surface area contributed by atoms with Crippen molar-refractivity contribution in [2.24, 2.45) is 0 Å². The molecule has 0 radical (unpaired) electrons. The van der Waals surface area contributed by atoms with Gasteiger partial charge in [0.2, 0.25) is 0 Å². The van der Waals surface area contributed by atoms with Gasteiger partial charge in [-0.3, -0.25) is 4.90 Å². The molecule has 1 saturated heterocycles. The number of hydrogen-bond acceptors (Lipinski definition) is 5. The summed E-state index contributed by atoms with van der Waals surface area (Å²) in [6.45, 7) is 8.29. The van der Waals surface area contributed by atoms with E-state index in [-0.39, 0.29) is 6.10 Å². The van der Waals surface area contributed by atoms with Gasteiger partial charge in [0.15, 0.2) is 0 Å². The standard InChI is InChI=1S/C18H24N2O2S/c1-13-4-3-5-16-14(2)10-17(19-18(13)16)23-12-15(21)11-20-6-8-22-9-7-20/h3-5,10,15,21H,6-9,11-12H2,1-2H3/t15-/m0/s1. The monoisotopic (exact) mass is 332 g/mol. The maximum atomic E-state index is 10.3. The highest BCUT2D eigenvalue weighted by Gasteiger charge is 2.15. The Bertz CT molecular complexity index is 671. The number of para-hydroxylation sites is 1. The first-order valence-electron chi connectivity index (χ1n) is 8.11. The van der Waals surface area contributed by atoms with Gasteiger partial charge >= 0.3 is 0 Å². The summed E-state index contributed by atoms with van der Waals surface area (Å²) >= 11 is 1.64. The molecule has 23 heavy (non-hydrogen) atoms. The fourth-order valence-electron chi connectivity index (χ4n) is 2.92. The molecule has 0 saturated carbocycles. The van der Waals surface area contributed by atoms with Crippen LogP contribution in [0.15, 0.2) is 29.3 Å². The molecule has 1 aliphatic heterocycles. The van der Waals surface area contributed by atoms with Gasteiger partial charge in [0.25, 0.3) is 0 Å². The first-order valence-corrected chi connectivity index (χ1v) is 9.10. The molecular weight excluding hydrogens is 308 g/mol. The van der Waals surface area contributed by atoms with Crippen LogP contribution in [0.5, 0.6) is 0 Å². The molecule has 4 nitrogen and oxygen atoms in total. The van der Waals surface area contributed by atoms with Gasteiger partial charge in [-0.1, -0.05) is 18.2 Å². The Balaban J connectivity index is 1.63. The van der Waals surface area contributed by atoms with E-state index < -0.39 is 0 Å². The van der Waals surface area contributed by atoms with Crippen molar-refractivity contribution in [1.82, 2.24) is 9.88 Å². The second kappa shape index (κ2) is 7.62. The average Bonchev–Trinajstić information content (AvgIpc) is 2.55. The average molecular weight is 332 g/mol. The van der Waals surface area contributed by atoms with Crippen molar-refractivity contribution >= 4 is 22.7 Å². The number of thioether (sulfide) groups is 1. The van der Waals surface area contributed by atoms with Crippen LogP contribution in [-0.4, -0.2) is 59.7 Å². The van der Waals surface area contributed by atoms with Crippen molar-refractivity contribution in [2.45, 2.75) is 25.0 Å². The van der Waals surface area contributed by atoms with Gasteiger partial charge in [-0.2, -0.15) is 0 Å². The summed E-state index contributed by atoms with van der Waals surface area (Å²) in [5.74, 6) is 0.668. The molecular formula is C18H24N2O2S. The van der Waals surface area contributed by atoms with Gasteiger partial charge in [-0.05, 0) is 31.0 Å². The number of morpholine rings is 1. The maximum absolute atomic E-state index is 10.3. The van der Waals surface area contributed by atoms with Crippen molar-refractivity contribution in [3.63, 3.8) is 0 Å². The van der Waals surface area contributed by atoms with Gasteiger partial charge in [0, 0.05) is 30.8 Å². The molecule has 124 valence electrons. The van der Waals surface area contributed by atoms with Crippen molar-refractivity contribution < 1.29 is 9.84 Å². The molecule has 0 bridgehead atoms. The molecule has 0 spiro atoms. The zero-order valence-corrected chi connectivity index (χ0v) is 14.6. The molecule has 1 N–H and O–H groups in total. The van der Waals surface area contributed by atoms with Gasteiger partial charge in [0.1, 0.15) is 0 Å². The minimum Gasteiger partial charge on any atom is -0.391 e. The predicted molar refractivity (Wildman–Crippen MR) is 95.2 cm³/mol. The molecule has 3 rings (SSSR count). The third-order valence-electron chi connectivity index (χ3n) is 4.22. The van der Waals surface area contributed by atoms with Crippen molar-refractivity contribution in [3.05, 3.63) is 35.4 Å².